The number of carboxylic acid groups (broad SMARTS) is 1. The third-order valence-electron chi connectivity index (χ3n) is 2.67. The second-order valence-electron chi connectivity index (χ2n) is 4.58. The lowest BCUT2D eigenvalue weighted by Gasteiger charge is -2.14. The largest absolute Gasteiger partial charge is 0.481 e. The Labute approximate surface area is 143 Å². The van der Waals surface area contributed by atoms with Gasteiger partial charge in [-0.3, -0.25) is 9.36 Å². The predicted octanol–water partition coefficient (Wildman–Crippen LogP) is 4.23. The normalized spacial score (nSPS) is 11.1. The molecule has 0 aliphatic heterocycles. The van der Waals surface area contributed by atoms with Gasteiger partial charge in [0.25, 0.3) is 0 Å². The summed E-state index contributed by atoms with van der Waals surface area (Å²) >= 11 is 8.14. The molecule has 8 heteroatoms. The predicted molar refractivity (Wildman–Crippen MR) is 89.6 cm³/mol. The molecule has 0 atom stereocenters. The van der Waals surface area contributed by atoms with Gasteiger partial charge in [-0.05, 0) is 32.0 Å². The third-order valence-corrected chi connectivity index (χ3v) is 4.79. The van der Waals surface area contributed by atoms with Crippen molar-refractivity contribution in [2.75, 3.05) is 5.75 Å². The Balaban J connectivity index is 2.49. The van der Waals surface area contributed by atoms with Crippen LogP contribution in [0.15, 0.2) is 32.3 Å². The van der Waals surface area contributed by atoms with Gasteiger partial charge in [-0.1, -0.05) is 43.6 Å². The number of carbonyl (C=O) groups is 1. The molecular formula is C13H13Br2N3O2S. The summed E-state index contributed by atoms with van der Waals surface area (Å²) in [6.45, 7) is 4.03. The van der Waals surface area contributed by atoms with Crippen LogP contribution in [0.3, 0.4) is 0 Å². The Morgan fingerprint density at radius 3 is 2.71 bits per heavy atom. The van der Waals surface area contributed by atoms with Crippen LogP contribution in [-0.4, -0.2) is 31.6 Å². The monoisotopic (exact) mass is 433 g/mol. The molecule has 0 fully saturated rings. The molecule has 0 bridgehead atoms. The molecule has 0 aliphatic carbocycles. The Morgan fingerprint density at radius 2 is 2.10 bits per heavy atom. The van der Waals surface area contributed by atoms with E-state index in [0.29, 0.717) is 11.0 Å². The van der Waals surface area contributed by atoms with E-state index in [1.165, 1.54) is 11.8 Å². The Hall–Kier alpha value is -0.860. The minimum atomic E-state index is -0.872. The molecular weight excluding hydrogens is 422 g/mol. The van der Waals surface area contributed by atoms with E-state index >= 15 is 0 Å². The van der Waals surface area contributed by atoms with Crippen LogP contribution in [0.4, 0.5) is 0 Å². The first-order chi connectivity index (χ1) is 9.90. The van der Waals surface area contributed by atoms with Gasteiger partial charge in [-0.25, -0.2) is 0 Å². The number of hydrogen-bond donors (Lipinski definition) is 1. The summed E-state index contributed by atoms with van der Waals surface area (Å²) in [6, 6.07) is 5.95. The maximum Gasteiger partial charge on any atom is 0.313 e. The number of aromatic nitrogens is 3. The second-order valence-corrected chi connectivity index (χ2v) is 7.29. The van der Waals surface area contributed by atoms with Gasteiger partial charge in [0.05, 0.1) is 5.75 Å². The fourth-order valence-corrected chi connectivity index (χ4v) is 3.39. The topological polar surface area (TPSA) is 68.0 Å². The molecule has 21 heavy (non-hydrogen) atoms. The fourth-order valence-electron chi connectivity index (χ4n) is 1.82. The fraction of sp³-hybridized carbons (Fsp3) is 0.308. The average molecular weight is 435 g/mol. The molecule has 0 radical (unpaired) electrons. The first-order valence-electron chi connectivity index (χ1n) is 6.15. The van der Waals surface area contributed by atoms with Crippen LogP contribution in [0.5, 0.6) is 0 Å². The van der Waals surface area contributed by atoms with Gasteiger partial charge in [-0.2, -0.15) is 0 Å². The molecule has 0 saturated carbocycles. The van der Waals surface area contributed by atoms with E-state index in [-0.39, 0.29) is 11.8 Å². The molecule has 0 saturated heterocycles. The van der Waals surface area contributed by atoms with E-state index in [4.69, 9.17) is 5.11 Å². The van der Waals surface area contributed by atoms with Crippen molar-refractivity contribution in [3.05, 3.63) is 27.1 Å². The molecule has 2 aromatic rings. The highest BCUT2D eigenvalue weighted by atomic mass is 79.9. The van der Waals surface area contributed by atoms with Gasteiger partial charge < -0.3 is 5.11 Å². The van der Waals surface area contributed by atoms with Crippen molar-refractivity contribution < 1.29 is 9.90 Å². The van der Waals surface area contributed by atoms with Crippen LogP contribution in [0, 0.1) is 0 Å². The lowest BCUT2D eigenvalue weighted by atomic mass is 10.2. The summed E-state index contributed by atoms with van der Waals surface area (Å²) in [5.41, 5.74) is 0.910. The van der Waals surface area contributed by atoms with Crippen LogP contribution < -0.4 is 0 Å². The summed E-state index contributed by atoms with van der Waals surface area (Å²) in [7, 11) is 0. The molecule has 1 N–H and O–H groups in total. The zero-order valence-corrected chi connectivity index (χ0v) is 15.4. The van der Waals surface area contributed by atoms with E-state index in [1.54, 1.807) is 0 Å². The van der Waals surface area contributed by atoms with Crippen LogP contribution in [0.25, 0.3) is 11.4 Å². The highest BCUT2D eigenvalue weighted by Crippen LogP contribution is 2.33. The minimum Gasteiger partial charge on any atom is -0.481 e. The van der Waals surface area contributed by atoms with Gasteiger partial charge in [0.2, 0.25) is 0 Å². The lowest BCUT2D eigenvalue weighted by molar-refractivity contribution is -0.133. The molecule has 5 nitrogen and oxygen atoms in total. The van der Waals surface area contributed by atoms with Crippen molar-refractivity contribution in [2.24, 2.45) is 0 Å². The number of carboxylic acids is 1. The quantitative estimate of drug-likeness (QED) is 0.713. The maximum atomic E-state index is 10.7. The van der Waals surface area contributed by atoms with Gasteiger partial charge >= 0.3 is 5.97 Å². The number of thioether (sulfide) groups is 1. The number of benzene rings is 1. The molecule has 0 spiro atoms. The van der Waals surface area contributed by atoms with Gasteiger partial charge in [0, 0.05) is 20.6 Å². The first kappa shape index (κ1) is 16.5. The average Bonchev–Trinajstić information content (AvgIpc) is 2.83. The van der Waals surface area contributed by atoms with Crippen molar-refractivity contribution >= 4 is 49.6 Å². The van der Waals surface area contributed by atoms with E-state index in [0.717, 1.165) is 14.5 Å². The number of halogens is 2. The van der Waals surface area contributed by atoms with Crippen molar-refractivity contribution in [3.8, 4) is 11.4 Å². The maximum absolute atomic E-state index is 10.7. The Kier molecular flexibility index (Phi) is 5.45. The zero-order valence-electron chi connectivity index (χ0n) is 11.4. The highest BCUT2D eigenvalue weighted by Gasteiger charge is 2.19. The molecule has 2 rings (SSSR count). The van der Waals surface area contributed by atoms with E-state index < -0.39 is 5.97 Å². The SMILES string of the molecule is CC(C)n1c(SCC(=O)O)nnc1-c1cc(Br)ccc1Br. The van der Waals surface area contributed by atoms with Crippen LogP contribution >= 0.6 is 43.6 Å². The minimum absolute atomic E-state index is 0.0372. The van der Waals surface area contributed by atoms with Crippen molar-refractivity contribution in [1.82, 2.24) is 14.8 Å². The van der Waals surface area contributed by atoms with E-state index in [1.807, 2.05) is 36.6 Å². The Morgan fingerprint density at radius 1 is 1.38 bits per heavy atom. The van der Waals surface area contributed by atoms with Gasteiger partial charge in [-0.15, -0.1) is 10.2 Å². The summed E-state index contributed by atoms with van der Waals surface area (Å²) < 4.78 is 3.80. The van der Waals surface area contributed by atoms with Crippen molar-refractivity contribution in [1.29, 1.82) is 0 Å². The standard InChI is InChI=1S/C13H13Br2N3O2S/c1-7(2)18-12(9-5-8(14)3-4-10(9)15)16-17-13(18)21-6-11(19)20/h3-5,7H,6H2,1-2H3,(H,19,20). The zero-order chi connectivity index (χ0) is 15.6. The van der Waals surface area contributed by atoms with E-state index in [9.17, 15) is 4.79 Å². The number of aliphatic carboxylic acids is 1. The molecule has 0 amide bonds. The van der Waals surface area contributed by atoms with Crippen LogP contribution in [-0.2, 0) is 4.79 Å². The van der Waals surface area contributed by atoms with Crippen LogP contribution in [0.1, 0.15) is 19.9 Å². The molecule has 1 aromatic carbocycles. The number of hydrogen-bond acceptors (Lipinski definition) is 4. The van der Waals surface area contributed by atoms with Gasteiger partial charge in [0.15, 0.2) is 11.0 Å². The summed E-state index contributed by atoms with van der Waals surface area (Å²) in [4.78, 5) is 10.7. The highest BCUT2D eigenvalue weighted by molar-refractivity contribution is 9.11. The van der Waals surface area contributed by atoms with Crippen LogP contribution in [0.2, 0.25) is 0 Å². The summed E-state index contributed by atoms with van der Waals surface area (Å²) in [6.07, 6.45) is 0. The van der Waals surface area contributed by atoms with Crippen molar-refractivity contribution in [2.45, 2.75) is 25.0 Å². The lowest BCUT2D eigenvalue weighted by Crippen LogP contribution is -2.07. The molecule has 1 heterocycles. The number of nitrogens with zero attached hydrogens (tertiary/aromatic N) is 3. The first-order valence-corrected chi connectivity index (χ1v) is 8.72. The smallest absolute Gasteiger partial charge is 0.313 e. The number of rotatable bonds is 5. The molecule has 0 unspecified atom stereocenters. The van der Waals surface area contributed by atoms with Crippen molar-refractivity contribution in [3.63, 3.8) is 0 Å². The van der Waals surface area contributed by atoms with E-state index in [2.05, 4.69) is 42.1 Å². The molecule has 0 aliphatic rings. The molecule has 1 aromatic heterocycles. The summed E-state index contributed by atoms with van der Waals surface area (Å²) in [5, 5.41) is 17.8. The summed E-state index contributed by atoms with van der Waals surface area (Å²) in [5.74, 6) is -0.195. The third kappa shape index (κ3) is 3.87. The second kappa shape index (κ2) is 6.93. The Bertz CT molecular complexity index is 673. The molecule has 112 valence electrons. The van der Waals surface area contributed by atoms with Gasteiger partial charge in [0.1, 0.15) is 0 Å².